The van der Waals surface area contributed by atoms with Crippen LogP contribution in [0.15, 0.2) is 77.9 Å². The number of halogens is 1. The SMILES string of the molecule is CN1C(=O)c2c(Nc3ccccc3)nn(Cc3ccc(-c4ccc(F)cn4)cc3)c2N2C1=N[C@@H]1CCC[C@@H]12. The number of rotatable bonds is 5. The minimum absolute atomic E-state index is 0.114. The van der Waals surface area contributed by atoms with Crippen molar-refractivity contribution in [3.05, 3.63) is 89.9 Å². The van der Waals surface area contributed by atoms with Crippen molar-refractivity contribution in [2.75, 3.05) is 17.3 Å². The molecule has 8 nitrogen and oxygen atoms in total. The van der Waals surface area contributed by atoms with Gasteiger partial charge in [-0.2, -0.15) is 5.10 Å². The van der Waals surface area contributed by atoms with Gasteiger partial charge in [0.25, 0.3) is 5.91 Å². The summed E-state index contributed by atoms with van der Waals surface area (Å²) in [5, 5.41) is 8.32. The van der Waals surface area contributed by atoms with E-state index >= 15 is 0 Å². The van der Waals surface area contributed by atoms with Crippen molar-refractivity contribution in [3.63, 3.8) is 0 Å². The molecule has 2 atom stereocenters. The van der Waals surface area contributed by atoms with E-state index in [2.05, 4.69) is 15.2 Å². The number of fused-ring (bicyclic) bond motifs is 5. The first-order chi connectivity index (χ1) is 18.6. The molecule has 0 bridgehead atoms. The van der Waals surface area contributed by atoms with Crippen LogP contribution in [0.25, 0.3) is 11.3 Å². The normalized spacial score (nSPS) is 19.7. The highest BCUT2D eigenvalue weighted by Gasteiger charge is 2.49. The second kappa shape index (κ2) is 8.79. The third kappa shape index (κ3) is 3.65. The lowest BCUT2D eigenvalue weighted by molar-refractivity contribution is 0.0865. The van der Waals surface area contributed by atoms with Gasteiger partial charge in [0.2, 0.25) is 5.96 Å². The molecular weight excluding hydrogens is 481 g/mol. The maximum absolute atomic E-state index is 13.7. The second-order valence-electron chi connectivity index (χ2n) is 9.98. The van der Waals surface area contributed by atoms with E-state index in [1.54, 1.807) is 18.0 Å². The van der Waals surface area contributed by atoms with Gasteiger partial charge in [-0.05, 0) is 49.1 Å². The van der Waals surface area contributed by atoms with Gasteiger partial charge in [-0.15, -0.1) is 0 Å². The van der Waals surface area contributed by atoms with Crippen LogP contribution in [-0.2, 0) is 6.54 Å². The molecule has 1 saturated carbocycles. The molecular formula is C29H26FN7O. The summed E-state index contributed by atoms with van der Waals surface area (Å²) in [5.74, 6) is 1.57. The van der Waals surface area contributed by atoms with Gasteiger partial charge >= 0.3 is 0 Å². The number of pyridine rings is 1. The lowest BCUT2D eigenvalue weighted by Gasteiger charge is -2.35. The van der Waals surface area contributed by atoms with E-state index in [0.29, 0.717) is 29.6 Å². The lowest BCUT2D eigenvalue weighted by Crippen LogP contribution is -2.52. The summed E-state index contributed by atoms with van der Waals surface area (Å²) in [6.07, 6.45) is 4.41. The van der Waals surface area contributed by atoms with E-state index in [4.69, 9.17) is 10.1 Å². The van der Waals surface area contributed by atoms with E-state index in [0.717, 1.165) is 41.9 Å². The van der Waals surface area contributed by atoms with E-state index in [1.165, 1.54) is 12.3 Å². The largest absolute Gasteiger partial charge is 0.338 e. The predicted octanol–water partition coefficient (Wildman–Crippen LogP) is 5.06. The number of benzene rings is 2. The zero-order chi connectivity index (χ0) is 25.8. The third-order valence-corrected chi connectivity index (χ3v) is 7.59. The zero-order valence-electron chi connectivity index (χ0n) is 20.9. The van der Waals surface area contributed by atoms with Gasteiger partial charge in [0.05, 0.1) is 30.5 Å². The maximum atomic E-state index is 13.7. The Hall–Kier alpha value is -4.53. The maximum Gasteiger partial charge on any atom is 0.267 e. The summed E-state index contributed by atoms with van der Waals surface area (Å²) in [4.78, 5) is 26.7. The molecule has 38 heavy (non-hydrogen) atoms. The number of para-hydroxylation sites is 1. The van der Waals surface area contributed by atoms with Crippen molar-refractivity contribution in [2.24, 2.45) is 4.99 Å². The highest BCUT2D eigenvalue weighted by Crippen LogP contribution is 2.43. The average Bonchev–Trinajstić information content (AvgIpc) is 3.63. The van der Waals surface area contributed by atoms with E-state index in [9.17, 15) is 9.18 Å². The molecule has 190 valence electrons. The molecule has 1 N–H and O–H groups in total. The summed E-state index contributed by atoms with van der Waals surface area (Å²) in [6.45, 7) is 0.480. The fraction of sp³-hybridized carbons (Fsp3) is 0.241. The Bertz CT molecular complexity index is 1550. The fourth-order valence-corrected chi connectivity index (χ4v) is 5.74. The Labute approximate surface area is 219 Å². The standard InChI is InChI=1S/C29H26FN7O/c1-35-28(38)25-26(32-21-6-3-2-4-7-21)34-36(27(25)37-24-9-5-8-23(24)33-29(35)37)17-18-10-12-19(13-11-18)22-15-14-20(30)16-31-22/h2-4,6-7,10-16,23-24H,5,8-9,17H2,1H3,(H,32,34)/t23-,24+/m1/s1. The highest BCUT2D eigenvalue weighted by molar-refractivity contribution is 6.21. The number of amides is 1. The van der Waals surface area contributed by atoms with Crippen LogP contribution in [0.2, 0.25) is 0 Å². The molecule has 4 heterocycles. The number of nitrogens with one attached hydrogen (secondary N) is 1. The molecule has 9 heteroatoms. The summed E-state index contributed by atoms with van der Waals surface area (Å²) in [5.41, 5.74) is 4.07. The molecule has 1 aliphatic carbocycles. The number of nitrogens with zero attached hydrogens (tertiary/aromatic N) is 6. The molecule has 7 rings (SSSR count). The van der Waals surface area contributed by atoms with Gasteiger partial charge < -0.3 is 5.32 Å². The molecule has 0 radical (unpaired) electrons. The van der Waals surface area contributed by atoms with Gasteiger partial charge in [-0.1, -0.05) is 42.5 Å². The highest BCUT2D eigenvalue weighted by atomic mass is 19.1. The zero-order valence-corrected chi connectivity index (χ0v) is 20.9. The number of aliphatic imine (C=N–C) groups is 1. The number of anilines is 3. The van der Waals surface area contributed by atoms with Gasteiger partial charge in [0, 0.05) is 18.3 Å². The van der Waals surface area contributed by atoms with Crippen LogP contribution in [0.3, 0.4) is 0 Å². The predicted molar refractivity (Wildman–Crippen MR) is 144 cm³/mol. The van der Waals surface area contributed by atoms with Crippen molar-refractivity contribution in [1.82, 2.24) is 19.7 Å². The van der Waals surface area contributed by atoms with Crippen molar-refractivity contribution in [2.45, 2.75) is 37.9 Å². The van der Waals surface area contributed by atoms with Crippen molar-refractivity contribution < 1.29 is 9.18 Å². The molecule has 3 aliphatic rings. The molecule has 1 fully saturated rings. The Morgan fingerprint density at radius 1 is 1.03 bits per heavy atom. The molecule has 2 aromatic carbocycles. The van der Waals surface area contributed by atoms with Crippen LogP contribution in [0, 0.1) is 5.82 Å². The molecule has 2 aliphatic heterocycles. The van der Waals surface area contributed by atoms with Crippen molar-refractivity contribution >= 4 is 29.2 Å². The van der Waals surface area contributed by atoms with Gasteiger partial charge in [0.15, 0.2) is 5.82 Å². The first kappa shape index (κ1) is 22.7. The summed E-state index contributed by atoms with van der Waals surface area (Å²) < 4.78 is 15.2. The van der Waals surface area contributed by atoms with Crippen LogP contribution in [0.5, 0.6) is 0 Å². The molecule has 0 unspecified atom stereocenters. The van der Waals surface area contributed by atoms with Gasteiger partial charge in [-0.25, -0.2) is 14.1 Å². The van der Waals surface area contributed by atoms with Crippen LogP contribution < -0.4 is 10.2 Å². The van der Waals surface area contributed by atoms with E-state index in [-0.39, 0.29) is 23.8 Å². The number of hydrogen-bond donors (Lipinski definition) is 1. The van der Waals surface area contributed by atoms with Crippen LogP contribution >= 0.6 is 0 Å². The Morgan fingerprint density at radius 3 is 2.61 bits per heavy atom. The summed E-state index contributed by atoms with van der Waals surface area (Å²) >= 11 is 0. The van der Waals surface area contributed by atoms with Crippen molar-refractivity contribution in [1.29, 1.82) is 0 Å². The van der Waals surface area contributed by atoms with Crippen LogP contribution in [0.4, 0.5) is 21.7 Å². The average molecular weight is 508 g/mol. The van der Waals surface area contributed by atoms with E-state index < -0.39 is 0 Å². The van der Waals surface area contributed by atoms with Gasteiger partial charge in [-0.3, -0.25) is 19.6 Å². The van der Waals surface area contributed by atoms with Crippen LogP contribution in [-0.4, -0.2) is 50.7 Å². The Balaban J connectivity index is 1.29. The van der Waals surface area contributed by atoms with Crippen LogP contribution in [0.1, 0.15) is 35.2 Å². The monoisotopic (exact) mass is 507 g/mol. The number of guanidine groups is 1. The number of hydrogen-bond acceptors (Lipinski definition) is 6. The smallest absolute Gasteiger partial charge is 0.267 e. The minimum atomic E-state index is -0.358. The summed E-state index contributed by atoms with van der Waals surface area (Å²) in [6, 6.07) is 21.3. The third-order valence-electron chi connectivity index (χ3n) is 7.59. The Kier molecular flexibility index (Phi) is 5.24. The first-order valence-corrected chi connectivity index (χ1v) is 12.9. The molecule has 0 spiro atoms. The quantitative estimate of drug-likeness (QED) is 0.409. The molecule has 0 saturated heterocycles. The molecule has 4 aromatic rings. The molecule has 2 aromatic heterocycles. The number of aromatic nitrogens is 3. The topological polar surface area (TPSA) is 78.7 Å². The fourth-order valence-electron chi connectivity index (χ4n) is 5.74. The Morgan fingerprint density at radius 2 is 1.84 bits per heavy atom. The molecule has 1 amide bonds. The first-order valence-electron chi connectivity index (χ1n) is 12.9. The van der Waals surface area contributed by atoms with Crippen molar-refractivity contribution in [3.8, 4) is 11.3 Å². The second-order valence-corrected chi connectivity index (χ2v) is 9.98. The number of carbonyl (C=O) groups excluding carboxylic acids is 1. The van der Waals surface area contributed by atoms with Gasteiger partial charge in [0.1, 0.15) is 17.2 Å². The van der Waals surface area contributed by atoms with E-state index in [1.807, 2.05) is 59.3 Å². The lowest BCUT2D eigenvalue weighted by atomic mass is 10.1. The minimum Gasteiger partial charge on any atom is -0.338 e. The number of carbonyl (C=O) groups is 1. The summed E-state index contributed by atoms with van der Waals surface area (Å²) in [7, 11) is 1.80.